The van der Waals surface area contributed by atoms with Crippen LogP contribution in [-0.2, 0) is 0 Å². The molecule has 1 atom stereocenters. The minimum Gasteiger partial charge on any atom is -0.344 e. The van der Waals surface area contributed by atoms with Gasteiger partial charge in [-0.15, -0.1) is 0 Å². The molecule has 5 heteroatoms. The number of hydrogen-bond donors (Lipinski definition) is 0. The van der Waals surface area contributed by atoms with Gasteiger partial charge in [-0.3, -0.25) is 0 Å². The van der Waals surface area contributed by atoms with E-state index in [0.717, 1.165) is 23.9 Å². The molecule has 1 aliphatic rings. The van der Waals surface area contributed by atoms with Crippen LogP contribution in [0.4, 0.5) is 9.52 Å². The lowest BCUT2D eigenvalue weighted by atomic mass is 10.1. The first kappa shape index (κ1) is 8.87. The van der Waals surface area contributed by atoms with E-state index in [2.05, 4.69) is 9.36 Å². The zero-order valence-electron chi connectivity index (χ0n) is 7.53. The van der Waals surface area contributed by atoms with Gasteiger partial charge in [0, 0.05) is 18.1 Å². The van der Waals surface area contributed by atoms with Gasteiger partial charge in [-0.25, -0.2) is 9.37 Å². The summed E-state index contributed by atoms with van der Waals surface area (Å²) in [5.74, 6) is 0.779. The van der Waals surface area contributed by atoms with E-state index in [1.807, 2.05) is 11.8 Å². The van der Waals surface area contributed by atoms with Gasteiger partial charge in [-0.2, -0.15) is 4.37 Å². The molecular weight excluding hydrogens is 189 g/mol. The van der Waals surface area contributed by atoms with Crippen molar-refractivity contribution < 1.29 is 4.39 Å². The summed E-state index contributed by atoms with van der Waals surface area (Å²) in [5, 5.41) is 0.861. The van der Waals surface area contributed by atoms with E-state index in [1.165, 1.54) is 11.5 Å². The molecule has 0 saturated carbocycles. The Kier molecular flexibility index (Phi) is 2.44. The van der Waals surface area contributed by atoms with Crippen molar-refractivity contribution in [1.29, 1.82) is 0 Å². The van der Waals surface area contributed by atoms with E-state index in [0.29, 0.717) is 13.0 Å². The maximum absolute atomic E-state index is 13.0. The van der Waals surface area contributed by atoms with Gasteiger partial charge in [0.15, 0.2) is 0 Å². The highest BCUT2D eigenvalue weighted by molar-refractivity contribution is 7.09. The Morgan fingerprint density at radius 2 is 2.46 bits per heavy atom. The average Bonchev–Trinajstić information content (AvgIpc) is 2.52. The lowest BCUT2D eigenvalue weighted by Crippen LogP contribution is -2.36. The van der Waals surface area contributed by atoms with E-state index in [1.54, 1.807) is 0 Å². The molecule has 0 aliphatic carbocycles. The Balaban J connectivity index is 2.08. The molecule has 1 fully saturated rings. The highest BCUT2D eigenvalue weighted by Crippen LogP contribution is 2.22. The van der Waals surface area contributed by atoms with Crippen LogP contribution in [0.15, 0.2) is 0 Å². The number of aromatic nitrogens is 2. The molecule has 3 nitrogen and oxygen atoms in total. The minimum absolute atomic E-state index is 0.481. The van der Waals surface area contributed by atoms with Crippen LogP contribution in [0.3, 0.4) is 0 Å². The Bertz CT molecular complexity index is 289. The van der Waals surface area contributed by atoms with E-state index < -0.39 is 6.17 Å². The molecule has 2 rings (SSSR count). The standard InChI is InChI=1S/C8H12FN3S/c1-6-10-8(13-11-6)12-4-2-3-7(9)5-12/h7H,2-5H2,1H3/t7-/m1/s1. The van der Waals surface area contributed by atoms with E-state index in [-0.39, 0.29) is 0 Å². The molecule has 0 spiro atoms. The first-order chi connectivity index (χ1) is 6.25. The largest absolute Gasteiger partial charge is 0.344 e. The lowest BCUT2D eigenvalue weighted by Gasteiger charge is -2.27. The SMILES string of the molecule is Cc1nsc(N2CCC[C@@H](F)C2)n1. The summed E-state index contributed by atoms with van der Waals surface area (Å²) in [6.07, 6.45) is 0.909. The van der Waals surface area contributed by atoms with Gasteiger partial charge in [-0.1, -0.05) is 0 Å². The van der Waals surface area contributed by atoms with Crippen molar-refractivity contribution >= 4 is 16.7 Å². The Hall–Kier alpha value is -0.710. The third-order valence-corrected chi connectivity index (χ3v) is 3.02. The number of nitrogens with zero attached hydrogens (tertiary/aromatic N) is 3. The van der Waals surface area contributed by atoms with Crippen molar-refractivity contribution in [2.24, 2.45) is 0 Å². The fourth-order valence-corrected chi connectivity index (χ4v) is 2.22. The fourth-order valence-electron chi connectivity index (χ4n) is 1.51. The molecule has 0 N–H and O–H groups in total. The van der Waals surface area contributed by atoms with Gasteiger partial charge in [0.2, 0.25) is 5.13 Å². The normalized spacial score (nSPS) is 23.5. The molecule has 2 heterocycles. The molecule has 0 amide bonds. The molecule has 1 saturated heterocycles. The van der Waals surface area contributed by atoms with Crippen molar-refractivity contribution in [3.05, 3.63) is 5.82 Å². The van der Waals surface area contributed by atoms with Crippen LogP contribution >= 0.6 is 11.5 Å². The second-order valence-electron chi connectivity index (χ2n) is 3.31. The average molecular weight is 201 g/mol. The van der Waals surface area contributed by atoms with Crippen LogP contribution < -0.4 is 4.90 Å². The molecule has 0 aromatic carbocycles. The van der Waals surface area contributed by atoms with Crippen molar-refractivity contribution in [3.63, 3.8) is 0 Å². The van der Waals surface area contributed by atoms with E-state index in [4.69, 9.17) is 0 Å². The molecule has 72 valence electrons. The summed E-state index contributed by atoms with van der Waals surface area (Å²) < 4.78 is 17.1. The number of halogens is 1. The number of anilines is 1. The Morgan fingerprint density at radius 3 is 3.08 bits per heavy atom. The van der Waals surface area contributed by atoms with Crippen LogP contribution in [0.2, 0.25) is 0 Å². The summed E-state index contributed by atoms with van der Waals surface area (Å²) >= 11 is 1.36. The van der Waals surface area contributed by atoms with Crippen molar-refractivity contribution in [2.45, 2.75) is 25.9 Å². The van der Waals surface area contributed by atoms with Crippen molar-refractivity contribution in [2.75, 3.05) is 18.0 Å². The van der Waals surface area contributed by atoms with Gasteiger partial charge in [0.05, 0.1) is 6.54 Å². The van der Waals surface area contributed by atoms with Gasteiger partial charge < -0.3 is 4.90 Å². The molecule has 1 aromatic heterocycles. The van der Waals surface area contributed by atoms with Crippen LogP contribution in [-0.4, -0.2) is 28.6 Å². The smallest absolute Gasteiger partial charge is 0.205 e. The third kappa shape index (κ3) is 1.96. The first-order valence-corrected chi connectivity index (χ1v) is 5.22. The molecule has 1 aromatic rings. The minimum atomic E-state index is -0.696. The summed E-state index contributed by atoms with van der Waals surface area (Å²) in [6.45, 7) is 3.25. The predicted octanol–water partition coefficient (Wildman–Crippen LogP) is 1.78. The topological polar surface area (TPSA) is 29.0 Å². The number of hydrogen-bond acceptors (Lipinski definition) is 4. The molecule has 13 heavy (non-hydrogen) atoms. The van der Waals surface area contributed by atoms with Crippen LogP contribution in [0.5, 0.6) is 0 Å². The first-order valence-electron chi connectivity index (χ1n) is 4.45. The van der Waals surface area contributed by atoms with Gasteiger partial charge in [-0.05, 0) is 19.8 Å². The van der Waals surface area contributed by atoms with E-state index in [9.17, 15) is 4.39 Å². The van der Waals surface area contributed by atoms with Crippen LogP contribution in [0.1, 0.15) is 18.7 Å². The third-order valence-electron chi connectivity index (χ3n) is 2.15. The number of aryl methyl sites for hydroxylation is 1. The second kappa shape index (κ2) is 3.57. The molecule has 0 radical (unpaired) electrons. The predicted molar refractivity (Wildman–Crippen MR) is 51.0 cm³/mol. The fraction of sp³-hybridized carbons (Fsp3) is 0.750. The Labute approximate surface area is 80.8 Å². The Morgan fingerprint density at radius 1 is 1.62 bits per heavy atom. The van der Waals surface area contributed by atoms with Gasteiger partial charge in [0.1, 0.15) is 12.0 Å². The number of rotatable bonds is 1. The summed E-state index contributed by atoms with van der Waals surface area (Å²) in [5.41, 5.74) is 0. The number of alkyl halides is 1. The maximum Gasteiger partial charge on any atom is 0.205 e. The van der Waals surface area contributed by atoms with Crippen molar-refractivity contribution in [3.8, 4) is 0 Å². The molecular formula is C8H12FN3S. The quantitative estimate of drug-likeness (QED) is 0.693. The summed E-state index contributed by atoms with van der Waals surface area (Å²) in [7, 11) is 0. The molecule has 1 aliphatic heterocycles. The second-order valence-corrected chi connectivity index (χ2v) is 4.04. The highest BCUT2D eigenvalue weighted by Gasteiger charge is 2.21. The zero-order valence-corrected chi connectivity index (χ0v) is 8.35. The molecule has 0 unspecified atom stereocenters. The van der Waals surface area contributed by atoms with Crippen LogP contribution in [0.25, 0.3) is 0 Å². The number of piperidine rings is 1. The van der Waals surface area contributed by atoms with Gasteiger partial charge >= 0.3 is 0 Å². The summed E-state index contributed by atoms with van der Waals surface area (Å²) in [4.78, 5) is 6.22. The van der Waals surface area contributed by atoms with E-state index >= 15 is 0 Å². The molecule has 0 bridgehead atoms. The van der Waals surface area contributed by atoms with Crippen LogP contribution in [0, 0.1) is 6.92 Å². The zero-order chi connectivity index (χ0) is 9.26. The monoisotopic (exact) mass is 201 g/mol. The highest BCUT2D eigenvalue weighted by atomic mass is 32.1. The van der Waals surface area contributed by atoms with Crippen molar-refractivity contribution in [1.82, 2.24) is 9.36 Å². The summed E-state index contributed by atoms with van der Waals surface area (Å²) in [6, 6.07) is 0. The maximum atomic E-state index is 13.0. The lowest BCUT2D eigenvalue weighted by molar-refractivity contribution is 0.286. The van der Waals surface area contributed by atoms with Gasteiger partial charge in [0.25, 0.3) is 0 Å².